The van der Waals surface area contributed by atoms with E-state index >= 15 is 0 Å². The van der Waals surface area contributed by atoms with Crippen molar-refractivity contribution in [3.8, 4) is 0 Å². The van der Waals surface area contributed by atoms with Crippen LogP contribution in [0.1, 0.15) is 0 Å². The molecule has 0 fully saturated rings. The lowest BCUT2D eigenvalue weighted by molar-refractivity contribution is -0.0625. The SMILES string of the molecule is CNOCCOCOC. The minimum absolute atomic E-state index is 0.326. The van der Waals surface area contributed by atoms with E-state index in [-0.39, 0.29) is 0 Å². The Morgan fingerprint density at radius 1 is 1.33 bits per heavy atom. The molecule has 0 aromatic carbocycles. The highest BCUT2D eigenvalue weighted by Gasteiger charge is 1.83. The maximum Gasteiger partial charge on any atom is 0.146 e. The summed E-state index contributed by atoms with van der Waals surface area (Å²) >= 11 is 0. The second kappa shape index (κ2) is 7.84. The van der Waals surface area contributed by atoms with Crippen LogP contribution >= 0.6 is 0 Å². The molecular weight excluding hydrogens is 122 g/mol. The average molecular weight is 135 g/mol. The summed E-state index contributed by atoms with van der Waals surface area (Å²) < 4.78 is 9.52. The van der Waals surface area contributed by atoms with Crippen molar-refractivity contribution in [1.29, 1.82) is 0 Å². The van der Waals surface area contributed by atoms with Crippen molar-refractivity contribution >= 4 is 0 Å². The molecule has 0 aromatic heterocycles. The van der Waals surface area contributed by atoms with E-state index in [0.717, 1.165) is 0 Å². The van der Waals surface area contributed by atoms with E-state index in [1.54, 1.807) is 14.2 Å². The zero-order valence-corrected chi connectivity index (χ0v) is 5.85. The molecule has 0 rings (SSSR count). The van der Waals surface area contributed by atoms with E-state index in [0.29, 0.717) is 20.0 Å². The third-order valence-corrected chi connectivity index (χ3v) is 0.675. The van der Waals surface area contributed by atoms with Gasteiger partial charge < -0.3 is 9.47 Å². The zero-order valence-electron chi connectivity index (χ0n) is 5.85. The van der Waals surface area contributed by atoms with Gasteiger partial charge >= 0.3 is 0 Å². The van der Waals surface area contributed by atoms with Crippen molar-refractivity contribution in [3.63, 3.8) is 0 Å². The second-order valence-electron chi connectivity index (χ2n) is 1.37. The van der Waals surface area contributed by atoms with E-state index in [1.165, 1.54) is 0 Å². The van der Waals surface area contributed by atoms with Crippen LogP contribution in [0.4, 0.5) is 0 Å². The summed E-state index contributed by atoms with van der Waals surface area (Å²) in [5, 5.41) is 0. The molecule has 0 aliphatic carbocycles. The average Bonchev–Trinajstić information content (AvgIpc) is 1.89. The fourth-order valence-corrected chi connectivity index (χ4v) is 0.345. The third kappa shape index (κ3) is 7.84. The van der Waals surface area contributed by atoms with Gasteiger partial charge in [0.15, 0.2) is 0 Å². The number of nitrogens with one attached hydrogen (secondary N) is 1. The Morgan fingerprint density at radius 3 is 2.67 bits per heavy atom. The number of hydroxylamine groups is 1. The van der Waals surface area contributed by atoms with Crippen LogP contribution in [0.15, 0.2) is 0 Å². The van der Waals surface area contributed by atoms with Gasteiger partial charge in [0.25, 0.3) is 0 Å². The summed E-state index contributed by atoms with van der Waals surface area (Å²) in [6, 6.07) is 0. The van der Waals surface area contributed by atoms with Gasteiger partial charge in [-0.15, -0.1) is 0 Å². The molecule has 0 heterocycles. The van der Waals surface area contributed by atoms with Gasteiger partial charge in [-0.2, -0.15) is 0 Å². The van der Waals surface area contributed by atoms with E-state index in [9.17, 15) is 0 Å². The van der Waals surface area contributed by atoms with Gasteiger partial charge in [-0.3, -0.25) is 4.84 Å². The standard InChI is InChI=1S/C5H13NO3/c1-6-9-4-3-8-5-7-2/h6H,3-5H2,1-2H3. The third-order valence-electron chi connectivity index (χ3n) is 0.675. The molecule has 0 saturated heterocycles. The minimum atomic E-state index is 0.326. The molecule has 0 atom stereocenters. The summed E-state index contributed by atoms with van der Waals surface area (Å²) in [7, 11) is 3.29. The van der Waals surface area contributed by atoms with Crippen LogP contribution in [0.2, 0.25) is 0 Å². The normalized spacial score (nSPS) is 10.0. The largest absolute Gasteiger partial charge is 0.359 e. The number of hydrogen-bond acceptors (Lipinski definition) is 4. The maximum absolute atomic E-state index is 4.90. The van der Waals surface area contributed by atoms with Crippen LogP contribution < -0.4 is 5.48 Å². The van der Waals surface area contributed by atoms with E-state index in [2.05, 4.69) is 10.2 Å². The van der Waals surface area contributed by atoms with Crippen molar-refractivity contribution in [2.45, 2.75) is 0 Å². The molecule has 4 heteroatoms. The highest BCUT2D eigenvalue weighted by atomic mass is 16.7. The van der Waals surface area contributed by atoms with Crippen LogP contribution in [-0.2, 0) is 14.3 Å². The first-order chi connectivity index (χ1) is 4.41. The lowest BCUT2D eigenvalue weighted by Gasteiger charge is -2.01. The van der Waals surface area contributed by atoms with Crippen LogP contribution in [0.25, 0.3) is 0 Å². The molecule has 0 unspecified atom stereocenters. The molecule has 0 bridgehead atoms. The Kier molecular flexibility index (Phi) is 7.70. The summed E-state index contributed by atoms with van der Waals surface area (Å²) in [6.07, 6.45) is 0. The van der Waals surface area contributed by atoms with Gasteiger partial charge in [-0.1, -0.05) is 0 Å². The van der Waals surface area contributed by atoms with Gasteiger partial charge in [0.1, 0.15) is 6.79 Å². The predicted molar refractivity (Wildman–Crippen MR) is 32.8 cm³/mol. The lowest BCUT2D eigenvalue weighted by atomic mass is 10.8. The van der Waals surface area contributed by atoms with E-state index in [1.807, 2.05) is 0 Å². The molecule has 1 N–H and O–H groups in total. The second-order valence-corrected chi connectivity index (χ2v) is 1.37. The van der Waals surface area contributed by atoms with Crippen molar-refractivity contribution in [2.24, 2.45) is 0 Å². The van der Waals surface area contributed by atoms with Crippen molar-refractivity contribution in [3.05, 3.63) is 0 Å². The van der Waals surface area contributed by atoms with Crippen LogP contribution in [-0.4, -0.2) is 34.2 Å². The predicted octanol–water partition coefficient (Wildman–Crippen LogP) is -0.242. The van der Waals surface area contributed by atoms with Crippen molar-refractivity contribution in [2.75, 3.05) is 34.2 Å². The van der Waals surface area contributed by atoms with Gasteiger partial charge in [-0.25, -0.2) is 5.48 Å². The molecule has 56 valence electrons. The number of ether oxygens (including phenoxy) is 2. The number of hydrogen-bond donors (Lipinski definition) is 1. The summed E-state index contributed by atoms with van der Waals surface area (Å²) in [4.78, 5) is 4.75. The minimum Gasteiger partial charge on any atom is -0.359 e. The highest BCUT2D eigenvalue weighted by Crippen LogP contribution is 1.74. The lowest BCUT2D eigenvalue weighted by Crippen LogP contribution is -2.13. The molecule has 0 aliphatic heterocycles. The smallest absolute Gasteiger partial charge is 0.146 e. The van der Waals surface area contributed by atoms with Gasteiger partial charge in [0, 0.05) is 14.2 Å². The van der Waals surface area contributed by atoms with Gasteiger partial charge in [0.2, 0.25) is 0 Å². The van der Waals surface area contributed by atoms with Gasteiger partial charge in [0.05, 0.1) is 13.2 Å². The topological polar surface area (TPSA) is 39.7 Å². The molecule has 0 saturated carbocycles. The van der Waals surface area contributed by atoms with Crippen LogP contribution in [0.3, 0.4) is 0 Å². The number of rotatable bonds is 6. The molecule has 0 aliphatic rings. The Labute approximate surface area is 55.0 Å². The van der Waals surface area contributed by atoms with Crippen molar-refractivity contribution in [1.82, 2.24) is 5.48 Å². The quantitative estimate of drug-likeness (QED) is 0.310. The fourth-order valence-electron chi connectivity index (χ4n) is 0.345. The molecular formula is C5H13NO3. The molecule has 0 radical (unpaired) electrons. The Morgan fingerprint density at radius 2 is 2.11 bits per heavy atom. The fraction of sp³-hybridized carbons (Fsp3) is 1.00. The van der Waals surface area contributed by atoms with Crippen molar-refractivity contribution < 1.29 is 14.3 Å². The Hall–Kier alpha value is -0.160. The Bertz CT molecular complexity index is 45.5. The molecule has 0 amide bonds. The molecule has 0 spiro atoms. The zero-order chi connectivity index (χ0) is 6.95. The molecule has 9 heavy (non-hydrogen) atoms. The first-order valence-corrected chi connectivity index (χ1v) is 2.77. The summed E-state index contributed by atoms with van der Waals surface area (Å²) in [5.74, 6) is 0. The molecule has 0 aromatic rings. The number of methoxy groups -OCH3 is 1. The first-order valence-electron chi connectivity index (χ1n) is 2.77. The van der Waals surface area contributed by atoms with Crippen LogP contribution in [0.5, 0.6) is 0 Å². The first kappa shape index (κ1) is 8.84. The van der Waals surface area contributed by atoms with E-state index < -0.39 is 0 Å². The summed E-state index contributed by atoms with van der Waals surface area (Å²) in [6.45, 7) is 1.42. The van der Waals surface area contributed by atoms with Gasteiger partial charge in [-0.05, 0) is 0 Å². The monoisotopic (exact) mass is 135 g/mol. The van der Waals surface area contributed by atoms with E-state index in [4.69, 9.17) is 9.57 Å². The van der Waals surface area contributed by atoms with Crippen LogP contribution in [0, 0.1) is 0 Å². The summed E-state index contributed by atoms with van der Waals surface area (Å²) in [5.41, 5.74) is 2.52. The molecule has 4 nitrogen and oxygen atoms in total. The maximum atomic E-state index is 4.90. The highest BCUT2D eigenvalue weighted by molar-refractivity contribution is 4.20. The Balaban J connectivity index is 2.60.